The van der Waals surface area contributed by atoms with E-state index in [0.717, 1.165) is 6.07 Å². The van der Waals surface area contributed by atoms with Gasteiger partial charge >= 0.3 is 0 Å². The molecule has 0 saturated heterocycles. The predicted octanol–water partition coefficient (Wildman–Crippen LogP) is 3.29. The topological polar surface area (TPSA) is 46.2 Å². The first kappa shape index (κ1) is 16.1. The molecular weight excluding hydrogens is 389 g/mol. The van der Waals surface area contributed by atoms with Crippen LogP contribution in [0.5, 0.6) is 0 Å². The SMILES string of the molecule is CC(C)C(Br)CNS(=O)(=O)c1ccc(Br)cc1F. The van der Waals surface area contributed by atoms with Gasteiger partial charge in [-0.25, -0.2) is 17.5 Å². The highest BCUT2D eigenvalue weighted by Gasteiger charge is 2.20. The smallest absolute Gasteiger partial charge is 0.210 e. The molecule has 18 heavy (non-hydrogen) atoms. The van der Waals surface area contributed by atoms with E-state index in [1.807, 2.05) is 13.8 Å². The summed E-state index contributed by atoms with van der Waals surface area (Å²) in [5, 5.41) is 0. The molecule has 1 aromatic carbocycles. The van der Waals surface area contributed by atoms with E-state index in [9.17, 15) is 12.8 Å². The number of nitrogens with one attached hydrogen (secondary N) is 1. The van der Waals surface area contributed by atoms with Crippen LogP contribution in [0.1, 0.15) is 13.8 Å². The van der Waals surface area contributed by atoms with Crippen molar-refractivity contribution in [1.29, 1.82) is 0 Å². The third-order valence-corrected chi connectivity index (χ3v) is 5.71. The van der Waals surface area contributed by atoms with Gasteiger partial charge in [0.1, 0.15) is 10.7 Å². The molecule has 0 aromatic heterocycles. The second-order valence-electron chi connectivity index (χ2n) is 4.19. The molecule has 0 fully saturated rings. The maximum absolute atomic E-state index is 13.6. The quantitative estimate of drug-likeness (QED) is 0.768. The minimum absolute atomic E-state index is 0.00536. The van der Waals surface area contributed by atoms with E-state index in [1.54, 1.807) is 0 Å². The Kier molecular flexibility index (Phi) is 5.76. The third kappa shape index (κ3) is 4.29. The molecule has 1 aromatic rings. The molecule has 0 saturated carbocycles. The maximum atomic E-state index is 13.6. The van der Waals surface area contributed by atoms with E-state index < -0.39 is 15.8 Å². The van der Waals surface area contributed by atoms with Crippen molar-refractivity contribution >= 4 is 41.9 Å². The average Bonchev–Trinajstić information content (AvgIpc) is 2.25. The molecule has 0 radical (unpaired) electrons. The Balaban J connectivity index is 2.87. The molecule has 1 atom stereocenters. The van der Waals surface area contributed by atoms with E-state index in [0.29, 0.717) is 4.47 Å². The molecule has 1 rings (SSSR count). The third-order valence-electron chi connectivity index (χ3n) is 2.38. The molecule has 0 aliphatic heterocycles. The normalized spacial score (nSPS) is 13.9. The van der Waals surface area contributed by atoms with Gasteiger partial charge in [-0.2, -0.15) is 0 Å². The van der Waals surface area contributed by atoms with Crippen molar-refractivity contribution in [2.24, 2.45) is 5.92 Å². The summed E-state index contributed by atoms with van der Waals surface area (Å²) >= 11 is 6.45. The summed E-state index contributed by atoms with van der Waals surface area (Å²) in [7, 11) is -3.81. The van der Waals surface area contributed by atoms with Crippen molar-refractivity contribution in [3.8, 4) is 0 Å². The lowest BCUT2D eigenvalue weighted by Crippen LogP contribution is -2.32. The van der Waals surface area contributed by atoms with Crippen molar-refractivity contribution in [2.45, 2.75) is 23.6 Å². The van der Waals surface area contributed by atoms with Gasteiger partial charge < -0.3 is 0 Å². The Labute approximate surface area is 123 Å². The second kappa shape index (κ2) is 6.45. The Hall–Kier alpha value is 0.0200. The molecule has 0 spiro atoms. The zero-order valence-corrected chi connectivity index (χ0v) is 13.9. The van der Waals surface area contributed by atoms with Gasteiger partial charge in [-0.15, -0.1) is 0 Å². The van der Waals surface area contributed by atoms with Crippen molar-refractivity contribution in [3.63, 3.8) is 0 Å². The standard InChI is InChI=1S/C11H14Br2FNO2S/c1-7(2)9(13)6-15-18(16,17)11-4-3-8(12)5-10(11)14/h3-5,7,9,15H,6H2,1-2H3. The van der Waals surface area contributed by atoms with Crippen LogP contribution in [0.2, 0.25) is 0 Å². The summed E-state index contributed by atoms with van der Waals surface area (Å²) in [6.07, 6.45) is 0. The lowest BCUT2D eigenvalue weighted by Gasteiger charge is -2.15. The van der Waals surface area contributed by atoms with Gasteiger partial charge in [0.15, 0.2) is 0 Å². The van der Waals surface area contributed by atoms with Gasteiger partial charge in [0.2, 0.25) is 10.0 Å². The number of benzene rings is 1. The van der Waals surface area contributed by atoms with Crippen LogP contribution >= 0.6 is 31.9 Å². The van der Waals surface area contributed by atoms with E-state index in [2.05, 4.69) is 36.6 Å². The first-order chi connectivity index (χ1) is 8.24. The van der Waals surface area contributed by atoms with E-state index in [1.165, 1.54) is 12.1 Å². The van der Waals surface area contributed by atoms with Crippen LogP contribution < -0.4 is 4.72 Å². The lowest BCUT2D eigenvalue weighted by molar-refractivity contribution is 0.546. The second-order valence-corrected chi connectivity index (χ2v) is 8.01. The van der Waals surface area contributed by atoms with Gasteiger partial charge in [-0.1, -0.05) is 45.7 Å². The molecule has 0 bridgehead atoms. The van der Waals surface area contributed by atoms with Crippen LogP contribution in [-0.4, -0.2) is 19.8 Å². The first-order valence-electron chi connectivity index (χ1n) is 5.33. The van der Waals surface area contributed by atoms with Crippen LogP contribution in [-0.2, 0) is 10.0 Å². The van der Waals surface area contributed by atoms with Crippen molar-refractivity contribution in [2.75, 3.05) is 6.54 Å². The molecule has 0 aliphatic rings. The summed E-state index contributed by atoms with van der Waals surface area (Å²) in [5.41, 5.74) is 0. The first-order valence-corrected chi connectivity index (χ1v) is 8.52. The molecular formula is C11H14Br2FNO2S. The fourth-order valence-electron chi connectivity index (χ4n) is 1.20. The highest BCUT2D eigenvalue weighted by atomic mass is 79.9. The van der Waals surface area contributed by atoms with Crippen LogP contribution in [0.25, 0.3) is 0 Å². The number of sulfonamides is 1. The molecule has 1 unspecified atom stereocenters. The number of hydrogen-bond acceptors (Lipinski definition) is 2. The number of halogens is 3. The minimum atomic E-state index is -3.81. The summed E-state index contributed by atoms with van der Waals surface area (Å²) in [6, 6.07) is 3.86. The van der Waals surface area contributed by atoms with Gasteiger partial charge in [-0.3, -0.25) is 0 Å². The van der Waals surface area contributed by atoms with Gasteiger partial charge in [0.25, 0.3) is 0 Å². The Bertz CT molecular complexity index is 520. The Morgan fingerprint density at radius 2 is 2.00 bits per heavy atom. The van der Waals surface area contributed by atoms with Gasteiger partial charge in [-0.05, 0) is 24.1 Å². The number of hydrogen-bond donors (Lipinski definition) is 1. The zero-order chi connectivity index (χ0) is 13.9. The summed E-state index contributed by atoms with van der Waals surface area (Å²) in [4.78, 5) is -0.333. The fourth-order valence-corrected chi connectivity index (χ4v) is 3.02. The predicted molar refractivity (Wildman–Crippen MR) is 76.8 cm³/mol. The molecule has 0 amide bonds. The molecule has 0 aliphatic carbocycles. The van der Waals surface area contributed by atoms with Crippen LogP contribution in [0.15, 0.2) is 27.6 Å². The summed E-state index contributed by atoms with van der Waals surface area (Å²) in [5.74, 6) is -0.491. The van der Waals surface area contributed by atoms with E-state index in [-0.39, 0.29) is 22.2 Å². The maximum Gasteiger partial charge on any atom is 0.243 e. The fraction of sp³-hybridized carbons (Fsp3) is 0.455. The number of alkyl halides is 1. The molecule has 1 N–H and O–H groups in total. The van der Waals surface area contributed by atoms with Crippen LogP contribution in [0.3, 0.4) is 0 Å². The monoisotopic (exact) mass is 401 g/mol. The van der Waals surface area contributed by atoms with Crippen molar-refractivity contribution in [3.05, 3.63) is 28.5 Å². The average molecular weight is 403 g/mol. The van der Waals surface area contributed by atoms with Crippen LogP contribution in [0.4, 0.5) is 4.39 Å². The molecule has 7 heteroatoms. The summed E-state index contributed by atoms with van der Waals surface area (Å²) in [6.45, 7) is 4.15. The summed E-state index contributed by atoms with van der Waals surface area (Å²) < 4.78 is 40.3. The lowest BCUT2D eigenvalue weighted by atomic mass is 10.1. The van der Waals surface area contributed by atoms with E-state index in [4.69, 9.17) is 0 Å². The Morgan fingerprint density at radius 1 is 1.39 bits per heavy atom. The van der Waals surface area contributed by atoms with Gasteiger partial charge in [0.05, 0.1) is 0 Å². The highest BCUT2D eigenvalue weighted by Crippen LogP contribution is 2.20. The molecule has 0 heterocycles. The van der Waals surface area contributed by atoms with Gasteiger partial charge in [0, 0.05) is 15.8 Å². The minimum Gasteiger partial charge on any atom is -0.210 e. The number of rotatable bonds is 5. The zero-order valence-electron chi connectivity index (χ0n) is 9.95. The van der Waals surface area contributed by atoms with Crippen molar-refractivity contribution in [1.82, 2.24) is 4.72 Å². The molecule has 3 nitrogen and oxygen atoms in total. The van der Waals surface area contributed by atoms with E-state index >= 15 is 0 Å². The molecule has 102 valence electrons. The highest BCUT2D eigenvalue weighted by molar-refractivity contribution is 9.10. The largest absolute Gasteiger partial charge is 0.243 e. The van der Waals surface area contributed by atoms with Crippen molar-refractivity contribution < 1.29 is 12.8 Å². The van der Waals surface area contributed by atoms with Crippen LogP contribution in [0, 0.1) is 11.7 Å². The Morgan fingerprint density at radius 3 is 2.50 bits per heavy atom.